The second kappa shape index (κ2) is 6.98. The van der Waals surface area contributed by atoms with Gasteiger partial charge < -0.3 is 19.5 Å². The molecule has 0 saturated carbocycles. The Bertz CT molecular complexity index is 517. The Labute approximate surface area is 130 Å². The molecule has 0 bridgehead atoms. The lowest BCUT2D eigenvalue weighted by molar-refractivity contribution is -0.128. The van der Waals surface area contributed by atoms with Crippen molar-refractivity contribution in [2.75, 3.05) is 39.5 Å². The minimum atomic E-state index is -0.157. The Morgan fingerprint density at radius 2 is 2.05 bits per heavy atom. The molecule has 1 N–H and O–H groups in total. The molecule has 22 heavy (non-hydrogen) atoms. The van der Waals surface area contributed by atoms with Crippen LogP contribution >= 0.6 is 0 Å². The van der Waals surface area contributed by atoms with Gasteiger partial charge in [-0.1, -0.05) is 12.1 Å². The zero-order chi connectivity index (χ0) is 15.4. The topological polar surface area (TPSA) is 60.0 Å². The normalized spacial score (nSPS) is 22.9. The molecule has 1 aromatic rings. The molecule has 2 heterocycles. The van der Waals surface area contributed by atoms with Gasteiger partial charge in [0.05, 0.1) is 25.8 Å². The number of ether oxygens (including phenoxy) is 3. The highest BCUT2D eigenvalue weighted by Crippen LogP contribution is 2.30. The molecule has 1 aromatic carbocycles. The predicted molar refractivity (Wildman–Crippen MR) is 81.2 cm³/mol. The first-order valence-electron chi connectivity index (χ1n) is 7.72. The Morgan fingerprint density at radius 3 is 2.82 bits per heavy atom. The summed E-state index contributed by atoms with van der Waals surface area (Å²) in [6.07, 6.45) is -0.157. The van der Waals surface area contributed by atoms with E-state index in [0.717, 1.165) is 24.6 Å². The van der Waals surface area contributed by atoms with Crippen LogP contribution in [0.1, 0.15) is 6.92 Å². The fourth-order valence-corrected chi connectivity index (χ4v) is 2.66. The van der Waals surface area contributed by atoms with Crippen molar-refractivity contribution in [3.05, 3.63) is 24.3 Å². The molecular weight excluding hydrogens is 284 g/mol. The molecule has 3 rings (SSSR count). The van der Waals surface area contributed by atoms with Crippen molar-refractivity contribution in [2.45, 2.75) is 19.1 Å². The summed E-state index contributed by atoms with van der Waals surface area (Å²) in [5, 5.41) is 2.95. The second-order valence-corrected chi connectivity index (χ2v) is 5.57. The molecule has 2 aliphatic rings. The largest absolute Gasteiger partial charge is 0.486 e. The van der Waals surface area contributed by atoms with Crippen LogP contribution in [0.2, 0.25) is 0 Å². The van der Waals surface area contributed by atoms with Gasteiger partial charge >= 0.3 is 0 Å². The van der Waals surface area contributed by atoms with Crippen molar-refractivity contribution in [2.24, 2.45) is 0 Å². The zero-order valence-corrected chi connectivity index (χ0v) is 12.8. The first-order chi connectivity index (χ1) is 10.7. The van der Waals surface area contributed by atoms with Crippen LogP contribution in [-0.4, -0.2) is 62.4 Å². The van der Waals surface area contributed by atoms with Crippen LogP contribution in [0, 0.1) is 0 Å². The summed E-state index contributed by atoms with van der Waals surface area (Å²) in [4.78, 5) is 14.4. The Hall–Kier alpha value is -1.79. The van der Waals surface area contributed by atoms with Crippen LogP contribution in [0.3, 0.4) is 0 Å². The van der Waals surface area contributed by atoms with Gasteiger partial charge in [-0.05, 0) is 19.1 Å². The molecule has 0 radical (unpaired) electrons. The number of benzene rings is 1. The number of fused-ring (bicyclic) bond motifs is 1. The minimum Gasteiger partial charge on any atom is -0.486 e. The Kier molecular flexibility index (Phi) is 4.80. The van der Waals surface area contributed by atoms with E-state index >= 15 is 0 Å². The van der Waals surface area contributed by atoms with E-state index in [1.165, 1.54) is 0 Å². The number of rotatable bonds is 4. The van der Waals surface area contributed by atoms with Gasteiger partial charge in [-0.3, -0.25) is 9.69 Å². The molecule has 0 unspecified atom stereocenters. The van der Waals surface area contributed by atoms with E-state index in [1.807, 2.05) is 31.2 Å². The second-order valence-electron chi connectivity index (χ2n) is 5.57. The quantitative estimate of drug-likeness (QED) is 0.886. The first kappa shape index (κ1) is 15.1. The average Bonchev–Trinajstić information content (AvgIpc) is 2.59. The van der Waals surface area contributed by atoms with Gasteiger partial charge in [0.2, 0.25) is 5.91 Å². The van der Waals surface area contributed by atoms with E-state index < -0.39 is 0 Å². The molecule has 120 valence electrons. The van der Waals surface area contributed by atoms with Crippen molar-refractivity contribution in [3.63, 3.8) is 0 Å². The molecule has 1 saturated heterocycles. The SMILES string of the molecule is C[C@H](C(=O)NC[C@H]1COc2ccccc2O1)N1CCOCC1. The van der Waals surface area contributed by atoms with Gasteiger partial charge in [0, 0.05) is 13.1 Å². The maximum Gasteiger partial charge on any atom is 0.237 e. The smallest absolute Gasteiger partial charge is 0.237 e. The minimum absolute atomic E-state index is 0.0179. The molecular formula is C16H22N2O4. The molecule has 1 fully saturated rings. The van der Waals surface area contributed by atoms with Gasteiger partial charge in [-0.25, -0.2) is 0 Å². The van der Waals surface area contributed by atoms with Crippen LogP contribution in [0.15, 0.2) is 24.3 Å². The summed E-state index contributed by atoms with van der Waals surface area (Å²) in [7, 11) is 0. The van der Waals surface area contributed by atoms with Crippen LogP contribution in [0.5, 0.6) is 11.5 Å². The molecule has 0 spiro atoms. The van der Waals surface area contributed by atoms with Gasteiger partial charge in [-0.15, -0.1) is 0 Å². The Balaban J connectivity index is 1.47. The van der Waals surface area contributed by atoms with Crippen molar-refractivity contribution >= 4 is 5.91 Å². The van der Waals surface area contributed by atoms with E-state index in [4.69, 9.17) is 14.2 Å². The highest BCUT2D eigenvalue weighted by molar-refractivity contribution is 5.81. The van der Waals surface area contributed by atoms with Crippen molar-refractivity contribution in [1.29, 1.82) is 0 Å². The number of carbonyl (C=O) groups is 1. The number of morpholine rings is 1. The van der Waals surface area contributed by atoms with Crippen LogP contribution in [0.25, 0.3) is 0 Å². The average molecular weight is 306 g/mol. The summed E-state index contributed by atoms with van der Waals surface area (Å²) < 4.78 is 16.8. The summed E-state index contributed by atoms with van der Waals surface area (Å²) in [5.74, 6) is 1.50. The third-order valence-electron chi connectivity index (χ3n) is 4.04. The summed E-state index contributed by atoms with van der Waals surface area (Å²) in [5.41, 5.74) is 0. The summed E-state index contributed by atoms with van der Waals surface area (Å²) in [6.45, 7) is 5.79. The van der Waals surface area contributed by atoms with Crippen molar-refractivity contribution < 1.29 is 19.0 Å². The third kappa shape index (κ3) is 3.51. The van der Waals surface area contributed by atoms with Gasteiger partial charge in [0.15, 0.2) is 11.5 Å². The standard InChI is InChI=1S/C16H22N2O4/c1-12(18-6-8-20-9-7-18)16(19)17-10-13-11-21-14-4-2-3-5-15(14)22-13/h2-5,12-13H,6-11H2,1H3,(H,17,19)/t12-,13+/m1/s1. The zero-order valence-electron chi connectivity index (χ0n) is 12.8. The third-order valence-corrected chi connectivity index (χ3v) is 4.04. The number of carbonyl (C=O) groups excluding carboxylic acids is 1. The van der Waals surface area contributed by atoms with Crippen LogP contribution in [-0.2, 0) is 9.53 Å². The number of nitrogens with one attached hydrogen (secondary N) is 1. The van der Waals surface area contributed by atoms with Gasteiger partial charge in [0.1, 0.15) is 12.7 Å². The number of hydrogen-bond acceptors (Lipinski definition) is 5. The highest BCUT2D eigenvalue weighted by Gasteiger charge is 2.25. The predicted octanol–water partition coefficient (Wildman–Crippen LogP) is 0.663. The van der Waals surface area contributed by atoms with Crippen LogP contribution < -0.4 is 14.8 Å². The van der Waals surface area contributed by atoms with Gasteiger partial charge in [0.25, 0.3) is 0 Å². The molecule has 2 aliphatic heterocycles. The first-order valence-corrected chi connectivity index (χ1v) is 7.72. The summed E-state index contributed by atoms with van der Waals surface area (Å²) in [6, 6.07) is 7.42. The number of hydrogen-bond donors (Lipinski definition) is 1. The van der Waals surface area contributed by atoms with E-state index in [9.17, 15) is 4.79 Å². The number of amides is 1. The van der Waals surface area contributed by atoms with Crippen molar-refractivity contribution in [3.8, 4) is 11.5 Å². The molecule has 0 aliphatic carbocycles. The molecule has 2 atom stereocenters. The van der Waals surface area contributed by atoms with E-state index in [2.05, 4.69) is 10.2 Å². The molecule has 0 aromatic heterocycles. The van der Waals surface area contributed by atoms with E-state index in [0.29, 0.717) is 26.4 Å². The molecule has 1 amide bonds. The monoisotopic (exact) mass is 306 g/mol. The van der Waals surface area contributed by atoms with Gasteiger partial charge in [-0.2, -0.15) is 0 Å². The fraction of sp³-hybridized carbons (Fsp3) is 0.562. The van der Waals surface area contributed by atoms with Crippen molar-refractivity contribution in [1.82, 2.24) is 10.2 Å². The maximum atomic E-state index is 12.2. The van der Waals surface area contributed by atoms with E-state index in [1.54, 1.807) is 0 Å². The molecule has 6 nitrogen and oxygen atoms in total. The number of nitrogens with zero attached hydrogens (tertiary/aromatic N) is 1. The molecule has 6 heteroatoms. The van der Waals surface area contributed by atoms with E-state index in [-0.39, 0.29) is 18.1 Å². The summed E-state index contributed by atoms with van der Waals surface area (Å²) >= 11 is 0. The lowest BCUT2D eigenvalue weighted by Crippen LogP contribution is -2.51. The number of para-hydroxylation sites is 2. The highest BCUT2D eigenvalue weighted by atomic mass is 16.6. The van der Waals surface area contributed by atoms with Crippen LogP contribution in [0.4, 0.5) is 0 Å². The fourth-order valence-electron chi connectivity index (χ4n) is 2.66. The Morgan fingerprint density at radius 1 is 1.32 bits per heavy atom. The lowest BCUT2D eigenvalue weighted by atomic mass is 10.2. The maximum absolute atomic E-state index is 12.2. The lowest BCUT2D eigenvalue weighted by Gasteiger charge is -2.32.